The van der Waals surface area contributed by atoms with Gasteiger partial charge in [0, 0.05) is 17.1 Å². The van der Waals surface area contributed by atoms with Gasteiger partial charge in [-0.05, 0) is 68.1 Å². The number of rotatable bonds is 6. The fourth-order valence-corrected chi connectivity index (χ4v) is 4.30. The number of aromatic nitrogens is 2. The largest absolute Gasteiger partial charge is 0.464 e. The van der Waals surface area contributed by atoms with Crippen molar-refractivity contribution in [1.82, 2.24) is 14.9 Å². The molecule has 0 aliphatic heterocycles. The van der Waals surface area contributed by atoms with Crippen LogP contribution in [0.3, 0.4) is 0 Å². The number of aryl methyl sites for hydroxylation is 2. The molecule has 3 aromatic rings. The Labute approximate surface area is 179 Å². The van der Waals surface area contributed by atoms with Crippen LogP contribution in [0.5, 0.6) is 0 Å². The second-order valence-electron chi connectivity index (χ2n) is 7.65. The van der Waals surface area contributed by atoms with Crippen molar-refractivity contribution in [2.24, 2.45) is 0 Å². The third-order valence-electron chi connectivity index (χ3n) is 5.32. The van der Waals surface area contributed by atoms with Gasteiger partial charge in [0.2, 0.25) is 0 Å². The molecule has 4 rings (SSSR count). The fourth-order valence-electron chi connectivity index (χ4n) is 3.87. The van der Waals surface area contributed by atoms with Crippen LogP contribution in [-0.2, 0) is 4.79 Å². The molecule has 1 aromatic carbocycles. The number of benzene rings is 1. The third kappa shape index (κ3) is 4.28. The summed E-state index contributed by atoms with van der Waals surface area (Å²) in [6.07, 6.45) is 4.09. The van der Waals surface area contributed by atoms with E-state index in [0.717, 1.165) is 42.8 Å². The molecule has 2 heterocycles. The number of nitrogens with zero attached hydrogens (tertiary/aromatic N) is 3. The molecule has 2 amide bonds. The SMILES string of the molecule is Cc1cccc(N(C(=O)c2csnn2)[C@@H](C(=O)NC2CCCC2)c2ccc(C)o2)c1. The van der Waals surface area contributed by atoms with E-state index in [4.69, 9.17) is 4.42 Å². The van der Waals surface area contributed by atoms with Gasteiger partial charge in [-0.25, -0.2) is 0 Å². The van der Waals surface area contributed by atoms with E-state index in [1.54, 1.807) is 17.5 Å². The minimum Gasteiger partial charge on any atom is -0.464 e. The van der Waals surface area contributed by atoms with Gasteiger partial charge in [0.05, 0.1) is 0 Å². The topological polar surface area (TPSA) is 88.3 Å². The monoisotopic (exact) mass is 424 g/mol. The molecule has 1 saturated carbocycles. The molecule has 0 radical (unpaired) electrons. The van der Waals surface area contributed by atoms with Crippen molar-refractivity contribution in [3.8, 4) is 0 Å². The van der Waals surface area contributed by atoms with E-state index in [0.29, 0.717) is 17.2 Å². The minimum atomic E-state index is -0.949. The first-order chi connectivity index (χ1) is 14.5. The zero-order valence-corrected chi connectivity index (χ0v) is 17.8. The molecule has 2 aromatic heterocycles. The average Bonchev–Trinajstić information content (AvgIpc) is 3.48. The summed E-state index contributed by atoms with van der Waals surface area (Å²) in [5.41, 5.74) is 1.78. The third-order valence-corrected chi connectivity index (χ3v) is 5.82. The van der Waals surface area contributed by atoms with Crippen LogP contribution in [0.4, 0.5) is 5.69 Å². The molecular weight excluding hydrogens is 400 g/mol. The fraction of sp³-hybridized carbons (Fsp3) is 0.364. The summed E-state index contributed by atoms with van der Waals surface area (Å²) in [5, 5.41) is 8.66. The average molecular weight is 425 g/mol. The Kier molecular flexibility index (Phi) is 5.94. The number of anilines is 1. The summed E-state index contributed by atoms with van der Waals surface area (Å²) in [7, 11) is 0. The maximum atomic E-state index is 13.5. The summed E-state index contributed by atoms with van der Waals surface area (Å²) in [6, 6.07) is 10.2. The van der Waals surface area contributed by atoms with Gasteiger partial charge in [0.25, 0.3) is 11.8 Å². The van der Waals surface area contributed by atoms with Gasteiger partial charge >= 0.3 is 0 Å². The lowest BCUT2D eigenvalue weighted by Crippen LogP contribution is -2.46. The van der Waals surface area contributed by atoms with Crippen molar-refractivity contribution in [1.29, 1.82) is 0 Å². The van der Waals surface area contributed by atoms with E-state index >= 15 is 0 Å². The van der Waals surface area contributed by atoms with E-state index in [1.807, 2.05) is 38.1 Å². The van der Waals surface area contributed by atoms with Crippen LogP contribution in [0.15, 0.2) is 46.2 Å². The number of furan rings is 1. The van der Waals surface area contributed by atoms with Crippen molar-refractivity contribution in [3.63, 3.8) is 0 Å². The highest BCUT2D eigenvalue weighted by molar-refractivity contribution is 7.03. The Balaban J connectivity index is 1.79. The lowest BCUT2D eigenvalue weighted by molar-refractivity contribution is -0.123. The van der Waals surface area contributed by atoms with Crippen LogP contribution in [0, 0.1) is 13.8 Å². The molecule has 156 valence electrons. The zero-order chi connectivity index (χ0) is 21.1. The Morgan fingerprint density at radius 2 is 2.00 bits per heavy atom. The van der Waals surface area contributed by atoms with Crippen LogP contribution < -0.4 is 10.2 Å². The number of amides is 2. The van der Waals surface area contributed by atoms with E-state index in [1.165, 1.54) is 4.90 Å². The van der Waals surface area contributed by atoms with Gasteiger partial charge < -0.3 is 9.73 Å². The summed E-state index contributed by atoms with van der Waals surface area (Å²) >= 11 is 1.10. The van der Waals surface area contributed by atoms with Crippen LogP contribution in [0.2, 0.25) is 0 Å². The number of nitrogens with one attached hydrogen (secondary N) is 1. The standard InChI is InChI=1S/C22H24N4O3S/c1-14-6-5-9-17(12-14)26(22(28)18-13-30-25-24-18)20(19-11-10-15(2)29-19)21(27)23-16-7-3-4-8-16/h5-6,9-13,16,20H,3-4,7-8H2,1-2H3,(H,23,27)/t20-/m1/s1. The lowest BCUT2D eigenvalue weighted by Gasteiger charge is -2.30. The van der Waals surface area contributed by atoms with E-state index in [2.05, 4.69) is 14.9 Å². The molecule has 0 unspecified atom stereocenters. The highest BCUT2D eigenvalue weighted by Crippen LogP contribution is 2.32. The summed E-state index contributed by atoms with van der Waals surface area (Å²) in [4.78, 5) is 28.4. The van der Waals surface area contributed by atoms with Gasteiger partial charge in [-0.1, -0.05) is 29.5 Å². The quantitative estimate of drug-likeness (QED) is 0.641. The zero-order valence-electron chi connectivity index (χ0n) is 17.0. The first-order valence-electron chi connectivity index (χ1n) is 10.1. The van der Waals surface area contributed by atoms with Crippen molar-refractivity contribution >= 4 is 29.0 Å². The Bertz CT molecular complexity index is 1020. The maximum absolute atomic E-state index is 13.5. The molecule has 7 nitrogen and oxygen atoms in total. The number of carbonyl (C=O) groups excluding carboxylic acids is 2. The molecule has 1 atom stereocenters. The first-order valence-corrected chi connectivity index (χ1v) is 10.9. The molecule has 0 saturated heterocycles. The van der Waals surface area contributed by atoms with Gasteiger partial charge in [-0.15, -0.1) is 5.10 Å². The molecule has 0 bridgehead atoms. The molecular formula is C22H24N4O3S. The van der Waals surface area contributed by atoms with E-state index in [9.17, 15) is 9.59 Å². The van der Waals surface area contributed by atoms with Crippen molar-refractivity contribution < 1.29 is 14.0 Å². The van der Waals surface area contributed by atoms with Crippen LogP contribution >= 0.6 is 11.5 Å². The highest BCUT2D eigenvalue weighted by atomic mass is 32.1. The van der Waals surface area contributed by atoms with Gasteiger partial charge in [-0.3, -0.25) is 14.5 Å². The highest BCUT2D eigenvalue weighted by Gasteiger charge is 2.37. The van der Waals surface area contributed by atoms with Crippen molar-refractivity contribution in [3.05, 3.63) is 64.6 Å². The Hall–Kier alpha value is -3.00. The summed E-state index contributed by atoms with van der Waals surface area (Å²) < 4.78 is 9.66. The smallest absolute Gasteiger partial charge is 0.280 e. The predicted octanol–water partition coefficient (Wildman–Crippen LogP) is 4.19. The van der Waals surface area contributed by atoms with Crippen LogP contribution in [0.1, 0.15) is 59.3 Å². The molecule has 30 heavy (non-hydrogen) atoms. The van der Waals surface area contributed by atoms with Crippen molar-refractivity contribution in [2.75, 3.05) is 4.90 Å². The second kappa shape index (κ2) is 8.79. The normalized spacial score (nSPS) is 15.1. The molecule has 8 heteroatoms. The van der Waals surface area contributed by atoms with E-state index < -0.39 is 11.9 Å². The molecule has 0 spiro atoms. The molecule has 1 fully saturated rings. The first kappa shape index (κ1) is 20.3. The molecule has 1 aliphatic rings. The summed E-state index contributed by atoms with van der Waals surface area (Å²) in [5.74, 6) is 0.445. The maximum Gasteiger partial charge on any atom is 0.280 e. The Morgan fingerprint density at radius 3 is 2.63 bits per heavy atom. The van der Waals surface area contributed by atoms with Gasteiger partial charge in [0.1, 0.15) is 11.5 Å². The van der Waals surface area contributed by atoms with Gasteiger partial charge in [0.15, 0.2) is 11.7 Å². The van der Waals surface area contributed by atoms with Crippen LogP contribution in [-0.4, -0.2) is 27.4 Å². The number of hydrogen-bond donors (Lipinski definition) is 1. The van der Waals surface area contributed by atoms with Crippen LogP contribution in [0.25, 0.3) is 0 Å². The summed E-state index contributed by atoms with van der Waals surface area (Å²) in [6.45, 7) is 3.76. The van der Waals surface area contributed by atoms with Crippen molar-refractivity contribution in [2.45, 2.75) is 51.6 Å². The lowest BCUT2D eigenvalue weighted by atomic mass is 10.1. The van der Waals surface area contributed by atoms with Gasteiger partial charge in [-0.2, -0.15) is 0 Å². The minimum absolute atomic E-state index is 0.117. The number of carbonyl (C=O) groups is 2. The predicted molar refractivity (Wildman–Crippen MR) is 114 cm³/mol. The molecule has 1 aliphatic carbocycles. The Morgan fingerprint density at radius 1 is 1.20 bits per heavy atom. The molecule has 1 N–H and O–H groups in total. The second-order valence-corrected chi connectivity index (χ2v) is 8.26. The van der Waals surface area contributed by atoms with E-state index in [-0.39, 0.29) is 17.6 Å². The number of hydrogen-bond acceptors (Lipinski definition) is 6.